The first kappa shape index (κ1) is 18.1. The van der Waals surface area contributed by atoms with Crippen LogP contribution in [0.2, 0.25) is 18.1 Å². The van der Waals surface area contributed by atoms with Crippen LogP contribution in [0.5, 0.6) is 0 Å². The van der Waals surface area contributed by atoms with Gasteiger partial charge >= 0.3 is 0 Å². The molecule has 110 valence electrons. The smallest absolute Gasteiger partial charge is 0.192 e. The van der Waals surface area contributed by atoms with Crippen LogP contribution in [-0.4, -0.2) is 36.8 Å². The van der Waals surface area contributed by atoms with E-state index in [2.05, 4.69) is 40.8 Å². The van der Waals surface area contributed by atoms with E-state index in [1.165, 1.54) is 0 Å². The summed E-state index contributed by atoms with van der Waals surface area (Å²) >= 11 is 0. The molecule has 0 aromatic rings. The fourth-order valence-corrected chi connectivity index (χ4v) is 3.27. The third-order valence-electron chi connectivity index (χ3n) is 4.27. The van der Waals surface area contributed by atoms with Gasteiger partial charge in [-0.2, -0.15) is 0 Å². The lowest BCUT2D eigenvalue weighted by atomic mass is 9.93. The third-order valence-corrected chi connectivity index (χ3v) is 8.78. The van der Waals surface area contributed by atoms with E-state index in [-0.39, 0.29) is 17.1 Å². The Labute approximate surface area is 114 Å². The molecule has 0 aliphatic heterocycles. The number of aliphatic hydroxyl groups is 2. The Hall–Kier alpha value is 0.0969. The first-order chi connectivity index (χ1) is 7.94. The lowest BCUT2D eigenvalue weighted by Crippen LogP contribution is -2.48. The molecule has 4 heteroatoms. The molecule has 0 unspecified atom stereocenters. The van der Waals surface area contributed by atoms with Gasteiger partial charge in [0.15, 0.2) is 8.32 Å². The van der Waals surface area contributed by atoms with Gasteiger partial charge in [-0.15, -0.1) is 0 Å². The van der Waals surface area contributed by atoms with Crippen molar-refractivity contribution in [3.05, 3.63) is 0 Å². The molecule has 0 spiro atoms. The summed E-state index contributed by atoms with van der Waals surface area (Å²) in [6.07, 6.45) is -0.565. The summed E-state index contributed by atoms with van der Waals surface area (Å²) in [5, 5.41) is 19.6. The zero-order valence-electron chi connectivity index (χ0n) is 13.3. The van der Waals surface area contributed by atoms with Gasteiger partial charge in [0, 0.05) is 12.0 Å². The molecule has 4 atom stereocenters. The van der Waals surface area contributed by atoms with E-state index in [1.54, 1.807) is 6.92 Å². The van der Waals surface area contributed by atoms with Gasteiger partial charge < -0.3 is 14.6 Å². The Morgan fingerprint density at radius 3 is 1.83 bits per heavy atom. The van der Waals surface area contributed by atoms with Gasteiger partial charge in [-0.1, -0.05) is 34.6 Å². The summed E-state index contributed by atoms with van der Waals surface area (Å²) in [4.78, 5) is 0. The van der Waals surface area contributed by atoms with Crippen molar-refractivity contribution >= 4 is 8.32 Å². The first-order valence-electron chi connectivity index (χ1n) is 6.98. The maximum atomic E-state index is 9.98. The van der Waals surface area contributed by atoms with Gasteiger partial charge in [-0.05, 0) is 31.5 Å². The fourth-order valence-electron chi connectivity index (χ4n) is 1.78. The van der Waals surface area contributed by atoms with Crippen LogP contribution in [0.1, 0.15) is 48.0 Å². The minimum absolute atomic E-state index is 0.00971. The van der Waals surface area contributed by atoms with Crippen molar-refractivity contribution < 1.29 is 14.6 Å². The summed E-state index contributed by atoms with van der Waals surface area (Å²) in [6.45, 7) is 16.7. The van der Waals surface area contributed by atoms with Crippen LogP contribution in [0, 0.1) is 5.92 Å². The molecule has 18 heavy (non-hydrogen) atoms. The van der Waals surface area contributed by atoms with Crippen LogP contribution >= 0.6 is 0 Å². The lowest BCUT2D eigenvalue weighted by Gasteiger charge is -2.41. The molecule has 0 heterocycles. The summed E-state index contributed by atoms with van der Waals surface area (Å²) in [5.41, 5.74) is 0. The van der Waals surface area contributed by atoms with Crippen LogP contribution in [0.4, 0.5) is 0 Å². The summed E-state index contributed by atoms with van der Waals surface area (Å²) in [7, 11) is -1.83. The Kier molecular flexibility index (Phi) is 6.54. The van der Waals surface area contributed by atoms with Gasteiger partial charge in [0.2, 0.25) is 0 Å². The second kappa shape index (κ2) is 6.50. The van der Waals surface area contributed by atoms with E-state index in [0.717, 1.165) is 6.42 Å². The minimum atomic E-state index is -1.83. The lowest BCUT2D eigenvalue weighted by molar-refractivity contribution is -0.0411. The molecular weight excluding hydrogens is 244 g/mol. The summed E-state index contributed by atoms with van der Waals surface area (Å²) in [5.74, 6) is -0.0517. The van der Waals surface area contributed by atoms with Crippen molar-refractivity contribution in [2.45, 2.75) is 84.4 Å². The molecule has 0 saturated carbocycles. The first-order valence-corrected chi connectivity index (χ1v) is 9.88. The second-order valence-corrected chi connectivity index (χ2v) is 11.7. The topological polar surface area (TPSA) is 49.7 Å². The van der Waals surface area contributed by atoms with E-state index in [1.807, 2.05) is 6.92 Å². The van der Waals surface area contributed by atoms with Gasteiger partial charge in [-0.25, -0.2) is 0 Å². The number of rotatable bonds is 6. The van der Waals surface area contributed by atoms with Crippen LogP contribution in [0.25, 0.3) is 0 Å². The van der Waals surface area contributed by atoms with Crippen molar-refractivity contribution in [1.29, 1.82) is 0 Å². The van der Waals surface area contributed by atoms with Crippen molar-refractivity contribution in [3.63, 3.8) is 0 Å². The van der Waals surface area contributed by atoms with Crippen molar-refractivity contribution in [2.75, 3.05) is 0 Å². The highest BCUT2D eigenvalue weighted by Gasteiger charge is 2.40. The molecule has 0 aliphatic carbocycles. The van der Waals surface area contributed by atoms with Gasteiger partial charge in [0.1, 0.15) is 0 Å². The average Bonchev–Trinajstić information content (AvgIpc) is 2.22. The Bertz CT molecular complexity index is 246. The molecule has 0 aromatic carbocycles. The molecule has 0 rings (SSSR count). The highest BCUT2D eigenvalue weighted by Crippen LogP contribution is 2.38. The molecular formula is C14H32O3Si. The predicted octanol–water partition coefficient (Wildman–Crippen LogP) is 3.16. The van der Waals surface area contributed by atoms with Crippen molar-refractivity contribution in [2.24, 2.45) is 5.92 Å². The highest BCUT2D eigenvalue weighted by molar-refractivity contribution is 6.74. The quantitative estimate of drug-likeness (QED) is 0.733. The molecule has 0 radical (unpaired) electrons. The Morgan fingerprint density at radius 2 is 1.56 bits per heavy atom. The molecule has 3 nitrogen and oxygen atoms in total. The van der Waals surface area contributed by atoms with Crippen molar-refractivity contribution in [3.8, 4) is 0 Å². The molecule has 0 saturated heterocycles. The van der Waals surface area contributed by atoms with E-state index in [0.29, 0.717) is 0 Å². The molecule has 0 bridgehead atoms. The number of hydrogen-bond donors (Lipinski definition) is 2. The second-order valence-electron chi connectivity index (χ2n) is 6.92. The van der Waals surface area contributed by atoms with Gasteiger partial charge in [0.25, 0.3) is 0 Å². The Balaban J connectivity index is 4.81. The van der Waals surface area contributed by atoms with E-state index in [9.17, 15) is 10.2 Å². The molecule has 2 N–H and O–H groups in total. The predicted molar refractivity (Wildman–Crippen MR) is 79.2 cm³/mol. The van der Waals surface area contributed by atoms with Gasteiger partial charge in [0.05, 0.1) is 12.2 Å². The normalized spacial score (nSPS) is 20.3. The molecule has 0 aromatic heterocycles. The Morgan fingerprint density at radius 1 is 1.11 bits per heavy atom. The van der Waals surface area contributed by atoms with Crippen LogP contribution in [0.3, 0.4) is 0 Å². The zero-order valence-corrected chi connectivity index (χ0v) is 14.3. The maximum absolute atomic E-state index is 9.98. The molecule has 0 aliphatic rings. The number of hydrogen-bond acceptors (Lipinski definition) is 3. The van der Waals surface area contributed by atoms with Crippen LogP contribution in [-0.2, 0) is 4.43 Å². The minimum Gasteiger partial charge on any atom is -0.414 e. The zero-order chi connectivity index (χ0) is 14.7. The molecule has 0 fully saturated rings. The largest absolute Gasteiger partial charge is 0.414 e. The number of aliphatic hydroxyl groups excluding tert-OH is 2. The van der Waals surface area contributed by atoms with Gasteiger partial charge in [-0.3, -0.25) is 0 Å². The standard InChI is InChI=1S/C14H32O3Si/c1-9-12(10(2)13(16)11(3)15)17-18(7,8)14(4,5)6/h10-13,15-16H,9H2,1-8H3/t10-,11+,12-,13-/m1/s1. The third kappa shape index (κ3) is 4.65. The maximum Gasteiger partial charge on any atom is 0.192 e. The fraction of sp³-hybridized carbons (Fsp3) is 1.00. The van der Waals surface area contributed by atoms with Crippen LogP contribution < -0.4 is 0 Å². The van der Waals surface area contributed by atoms with E-state index in [4.69, 9.17) is 4.43 Å². The highest BCUT2D eigenvalue weighted by atomic mass is 28.4. The van der Waals surface area contributed by atoms with Crippen LogP contribution in [0.15, 0.2) is 0 Å². The average molecular weight is 276 g/mol. The van der Waals surface area contributed by atoms with E-state index >= 15 is 0 Å². The SMILES string of the molecule is CC[C@@H](O[Si](C)(C)C(C)(C)C)[C@@H](C)[C@@H](O)[C@H](C)O. The van der Waals surface area contributed by atoms with E-state index < -0.39 is 20.5 Å². The van der Waals surface area contributed by atoms with Crippen molar-refractivity contribution in [1.82, 2.24) is 0 Å². The summed E-state index contributed by atoms with van der Waals surface area (Å²) in [6, 6.07) is 0. The summed E-state index contributed by atoms with van der Waals surface area (Å²) < 4.78 is 6.35. The molecule has 0 amide bonds. The monoisotopic (exact) mass is 276 g/mol.